The zero-order valence-electron chi connectivity index (χ0n) is 17.5. The minimum atomic E-state index is 0.0122. The molecule has 1 fully saturated rings. The van der Waals surface area contributed by atoms with E-state index in [9.17, 15) is 4.79 Å². The van der Waals surface area contributed by atoms with Crippen LogP contribution < -0.4 is 10.9 Å². The van der Waals surface area contributed by atoms with Crippen LogP contribution >= 0.6 is 11.8 Å². The maximum absolute atomic E-state index is 12.4. The molecule has 0 bridgehead atoms. The van der Waals surface area contributed by atoms with E-state index in [0.717, 1.165) is 40.9 Å². The molecular formula is C23H30N4OS. The maximum atomic E-state index is 12.4. The Kier molecular flexibility index (Phi) is 8.93. The molecule has 0 saturated heterocycles. The molecule has 1 N–H and O–H groups in total. The normalized spacial score (nSPS) is 12.9. The molecule has 1 aliphatic rings. The highest BCUT2D eigenvalue weighted by Crippen LogP contribution is 2.27. The van der Waals surface area contributed by atoms with Crippen molar-refractivity contribution in [2.75, 3.05) is 12.8 Å². The zero-order chi connectivity index (χ0) is 21.2. The lowest BCUT2D eigenvalue weighted by Gasteiger charge is -2.09. The van der Waals surface area contributed by atoms with Crippen LogP contribution in [0.1, 0.15) is 31.0 Å². The molecule has 1 aromatic heterocycles. The number of nitrogens with one attached hydrogen (secondary N) is 1. The highest BCUT2D eigenvalue weighted by atomic mass is 32.2. The van der Waals surface area contributed by atoms with Gasteiger partial charge in [0.15, 0.2) is 0 Å². The average molecular weight is 411 g/mol. The fourth-order valence-corrected chi connectivity index (χ4v) is 3.32. The summed E-state index contributed by atoms with van der Waals surface area (Å²) in [6.07, 6.45) is 10.5. The number of hydrogen-bond donors (Lipinski definition) is 1. The third-order valence-corrected chi connectivity index (χ3v) is 5.37. The lowest BCUT2D eigenvalue weighted by atomic mass is 10.2. The van der Waals surface area contributed by atoms with Crippen LogP contribution in [0.4, 0.5) is 0 Å². The monoisotopic (exact) mass is 410 g/mol. The van der Waals surface area contributed by atoms with Crippen molar-refractivity contribution in [1.82, 2.24) is 14.9 Å². The first-order valence-electron chi connectivity index (χ1n) is 9.76. The minimum absolute atomic E-state index is 0.0122. The average Bonchev–Trinajstić information content (AvgIpc) is 3.56. The van der Waals surface area contributed by atoms with E-state index in [1.807, 2.05) is 50.4 Å². The van der Waals surface area contributed by atoms with Gasteiger partial charge in [-0.05, 0) is 63.3 Å². The molecule has 1 aromatic carbocycles. The van der Waals surface area contributed by atoms with E-state index in [-0.39, 0.29) is 5.56 Å². The fourth-order valence-electron chi connectivity index (χ4n) is 2.62. The predicted molar refractivity (Wildman–Crippen MR) is 124 cm³/mol. The number of benzene rings is 1. The van der Waals surface area contributed by atoms with Crippen LogP contribution in [-0.4, -0.2) is 29.1 Å². The third kappa shape index (κ3) is 7.06. The highest BCUT2D eigenvalue weighted by molar-refractivity contribution is 7.98. The van der Waals surface area contributed by atoms with Crippen LogP contribution in [0.3, 0.4) is 0 Å². The summed E-state index contributed by atoms with van der Waals surface area (Å²) in [6.45, 7) is 12.2. The molecular weight excluding hydrogens is 380 g/mol. The summed E-state index contributed by atoms with van der Waals surface area (Å²) in [5.74, 6) is 0.886. The van der Waals surface area contributed by atoms with Crippen LogP contribution in [-0.2, 0) is 6.42 Å². The number of rotatable bonds is 8. The van der Waals surface area contributed by atoms with Gasteiger partial charge in [-0.25, -0.2) is 4.98 Å². The summed E-state index contributed by atoms with van der Waals surface area (Å²) in [5.41, 5.74) is 3.84. The first-order chi connectivity index (χ1) is 14.0. The number of aliphatic imine (C=N–C) groups is 1. The Morgan fingerprint density at radius 2 is 2.07 bits per heavy atom. The number of nitrogens with zero attached hydrogens (tertiary/aromatic N) is 3. The molecule has 0 radical (unpaired) electrons. The Morgan fingerprint density at radius 1 is 1.38 bits per heavy atom. The van der Waals surface area contributed by atoms with E-state index < -0.39 is 0 Å². The van der Waals surface area contributed by atoms with Gasteiger partial charge in [0.1, 0.15) is 6.33 Å². The van der Waals surface area contributed by atoms with Crippen molar-refractivity contribution >= 4 is 18.5 Å². The Labute approximate surface area is 177 Å². The first kappa shape index (κ1) is 22.7. The van der Waals surface area contributed by atoms with Gasteiger partial charge < -0.3 is 5.32 Å². The summed E-state index contributed by atoms with van der Waals surface area (Å²) in [4.78, 5) is 21.1. The number of allylic oxidation sites excluding steroid dienone is 1. The Balaban J connectivity index is 0.000000234. The second-order valence-electron chi connectivity index (χ2n) is 6.94. The van der Waals surface area contributed by atoms with Crippen LogP contribution in [0.25, 0.3) is 5.69 Å². The van der Waals surface area contributed by atoms with E-state index >= 15 is 0 Å². The van der Waals surface area contributed by atoms with Gasteiger partial charge in [0, 0.05) is 18.4 Å². The molecule has 154 valence electrons. The van der Waals surface area contributed by atoms with Crippen molar-refractivity contribution in [3.8, 4) is 5.69 Å². The molecule has 0 aliphatic heterocycles. The van der Waals surface area contributed by atoms with Crippen molar-refractivity contribution in [3.63, 3.8) is 0 Å². The zero-order valence-corrected chi connectivity index (χ0v) is 18.3. The molecule has 6 heteroatoms. The lowest BCUT2D eigenvalue weighted by Crippen LogP contribution is -2.22. The third-order valence-electron chi connectivity index (χ3n) is 4.55. The number of thioether (sulfide) groups is 1. The molecule has 1 heterocycles. The van der Waals surface area contributed by atoms with Crippen molar-refractivity contribution in [1.29, 1.82) is 0 Å². The van der Waals surface area contributed by atoms with Crippen LogP contribution in [0.2, 0.25) is 0 Å². The molecule has 1 aliphatic carbocycles. The molecule has 0 spiro atoms. The van der Waals surface area contributed by atoms with Crippen molar-refractivity contribution in [2.45, 2.75) is 38.0 Å². The molecule has 1 saturated carbocycles. The van der Waals surface area contributed by atoms with Crippen molar-refractivity contribution < 1.29 is 0 Å². The second-order valence-corrected chi connectivity index (χ2v) is 7.75. The Hall–Kier alpha value is -2.60. The number of hydrogen-bond acceptors (Lipinski definition) is 5. The molecule has 3 rings (SSSR count). The SMILES string of the molecule is C=N/C=C\C(=C)NCC1CC1.CCc1ncn(-c2ccc(C)cc2)c(=O)c1SC. The van der Waals surface area contributed by atoms with E-state index in [1.54, 1.807) is 17.1 Å². The summed E-state index contributed by atoms with van der Waals surface area (Å²) in [5, 5.41) is 3.21. The highest BCUT2D eigenvalue weighted by Gasteiger charge is 2.20. The molecule has 5 nitrogen and oxygen atoms in total. The van der Waals surface area contributed by atoms with Crippen LogP contribution in [0.15, 0.2) is 69.8 Å². The van der Waals surface area contributed by atoms with Gasteiger partial charge in [-0.15, -0.1) is 11.8 Å². The van der Waals surface area contributed by atoms with Gasteiger partial charge in [0.2, 0.25) is 0 Å². The second kappa shape index (κ2) is 11.4. The summed E-state index contributed by atoms with van der Waals surface area (Å²) >= 11 is 1.46. The van der Waals surface area contributed by atoms with Crippen LogP contribution in [0, 0.1) is 12.8 Å². The van der Waals surface area contributed by atoms with Gasteiger partial charge in [-0.2, -0.15) is 0 Å². The van der Waals surface area contributed by atoms with Crippen LogP contribution in [0.5, 0.6) is 0 Å². The summed E-state index contributed by atoms with van der Waals surface area (Å²) in [6, 6.07) is 7.87. The number of aryl methyl sites for hydroxylation is 2. The van der Waals surface area contributed by atoms with Gasteiger partial charge in [-0.1, -0.05) is 31.2 Å². The Bertz CT molecular complexity index is 911. The van der Waals surface area contributed by atoms with E-state index in [4.69, 9.17) is 0 Å². The Morgan fingerprint density at radius 3 is 2.62 bits per heavy atom. The standard InChI is InChI=1S/C14H16N2OS.C9H14N2/c1-4-12-13(18-3)14(17)16(9-15-12)11-7-5-10(2)6-8-11;1-8(5-6-10-2)11-7-9-3-4-9/h5-9H,4H2,1-3H3;5-6,9,11H,1-4,7H2/b;6-5-. The lowest BCUT2D eigenvalue weighted by molar-refractivity contribution is 0.729. The maximum Gasteiger partial charge on any atom is 0.271 e. The topological polar surface area (TPSA) is 59.3 Å². The molecule has 2 aromatic rings. The van der Waals surface area contributed by atoms with E-state index in [2.05, 4.69) is 28.6 Å². The van der Waals surface area contributed by atoms with Gasteiger partial charge >= 0.3 is 0 Å². The number of aromatic nitrogens is 2. The van der Waals surface area contributed by atoms with Crippen molar-refractivity contribution in [2.24, 2.45) is 10.9 Å². The van der Waals surface area contributed by atoms with Gasteiger partial charge in [-0.3, -0.25) is 14.4 Å². The first-order valence-corrected chi connectivity index (χ1v) is 11.0. The summed E-state index contributed by atoms with van der Waals surface area (Å²) in [7, 11) is 0. The minimum Gasteiger partial charge on any atom is -0.385 e. The fraction of sp³-hybridized carbons (Fsp3) is 0.348. The van der Waals surface area contributed by atoms with E-state index in [1.165, 1.54) is 30.2 Å². The predicted octanol–water partition coefficient (Wildman–Crippen LogP) is 4.54. The quantitative estimate of drug-likeness (QED) is 0.394. The van der Waals surface area contributed by atoms with Gasteiger partial charge in [0.25, 0.3) is 5.56 Å². The van der Waals surface area contributed by atoms with Gasteiger partial charge in [0.05, 0.1) is 16.3 Å². The molecule has 0 unspecified atom stereocenters. The largest absolute Gasteiger partial charge is 0.385 e. The van der Waals surface area contributed by atoms with Crippen molar-refractivity contribution in [3.05, 3.63) is 76.8 Å². The molecule has 0 amide bonds. The molecule has 29 heavy (non-hydrogen) atoms. The summed E-state index contributed by atoms with van der Waals surface area (Å²) < 4.78 is 1.60. The smallest absolute Gasteiger partial charge is 0.271 e. The molecule has 0 atom stereocenters. The van der Waals surface area contributed by atoms with E-state index in [0.29, 0.717) is 0 Å².